The van der Waals surface area contributed by atoms with Gasteiger partial charge in [-0.2, -0.15) is 8.75 Å². The zero-order valence-corrected chi connectivity index (χ0v) is 14.7. The Morgan fingerprint density at radius 1 is 1.12 bits per heavy atom. The first-order valence-corrected chi connectivity index (χ1v) is 9.41. The Morgan fingerprint density at radius 2 is 1.88 bits per heavy atom. The third kappa shape index (κ3) is 2.12. The van der Waals surface area contributed by atoms with E-state index in [1.54, 1.807) is 12.1 Å². The zero-order valence-electron chi connectivity index (χ0n) is 13.1. The SMILES string of the molecule is Cn1c(=O)c2c(n(C)c1=O)=NC(S(=O)(=O)c1cccc3nsnc13)C=2. The van der Waals surface area contributed by atoms with Crippen LogP contribution in [0.4, 0.5) is 0 Å². The molecule has 1 unspecified atom stereocenters. The fraction of sp³-hybridized carbons (Fsp3) is 0.214. The average molecular weight is 377 g/mol. The summed E-state index contributed by atoms with van der Waals surface area (Å²) in [5.41, 5.74) is -0.332. The van der Waals surface area contributed by atoms with E-state index in [1.165, 1.54) is 26.2 Å². The molecule has 11 heteroatoms. The van der Waals surface area contributed by atoms with Crippen LogP contribution in [0, 0.1) is 0 Å². The smallest absolute Gasteiger partial charge is 0.281 e. The lowest BCUT2D eigenvalue weighted by molar-refractivity contribution is 0.590. The van der Waals surface area contributed by atoms with Crippen molar-refractivity contribution in [2.75, 3.05) is 0 Å². The molecule has 0 aliphatic carbocycles. The van der Waals surface area contributed by atoms with E-state index in [1.807, 2.05) is 0 Å². The third-order valence-corrected chi connectivity index (χ3v) is 6.46. The molecule has 1 aliphatic rings. The van der Waals surface area contributed by atoms with Crippen molar-refractivity contribution in [1.82, 2.24) is 17.9 Å². The molecule has 25 heavy (non-hydrogen) atoms. The molecule has 1 atom stereocenters. The van der Waals surface area contributed by atoms with Crippen molar-refractivity contribution < 1.29 is 8.42 Å². The predicted octanol–water partition coefficient (Wildman–Crippen LogP) is -1.70. The van der Waals surface area contributed by atoms with Gasteiger partial charge < -0.3 is 0 Å². The second-order valence-electron chi connectivity index (χ2n) is 5.56. The normalized spacial score (nSPS) is 16.5. The Hall–Kier alpha value is -2.66. The van der Waals surface area contributed by atoms with Crippen molar-refractivity contribution in [3.63, 3.8) is 0 Å². The molecule has 0 amide bonds. The molecule has 1 aliphatic heterocycles. The van der Waals surface area contributed by atoms with Gasteiger partial charge in [-0.1, -0.05) is 6.07 Å². The maximum Gasteiger partial charge on any atom is 0.332 e. The van der Waals surface area contributed by atoms with E-state index in [-0.39, 0.29) is 21.1 Å². The lowest BCUT2D eigenvalue weighted by Gasteiger charge is -2.07. The summed E-state index contributed by atoms with van der Waals surface area (Å²) in [6, 6.07) is 4.68. The molecule has 4 rings (SSSR count). The van der Waals surface area contributed by atoms with Crippen LogP contribution in [-0.4, -0.2) is 31.7 Å². The molecule has 0 spiro atoms. The third-order valence-electron chi connectivity index (χ3n) is 4.10. The van der Waals surface area contributed by atoms with Crippen LogP contribution in [0.25, 0.3) is 17.1 Å². The fourth-order valence-corrected chi connectivity index (χ4v) is 4.87. The number of hydrogen-bond acceptors (Lipinski definition) is 8. The Bertz CT molecular complexity index is 1380. The summed E-state index contributed by atoms with van der Waals surface area (Å²) >= 11 is 0.918. The summed E-state index contributed by atoms with van der Waals surface area (Å²) in [7, 11) is -1.17. The molecule has 128 valence electrons. The monoisotopic (exact) mass is 377 g/mol. The van der Waals surface area contributed by atoms with Crippen LogP contribution in [0.3, 0.4) is 0 Å². The molecule has 1 aromatic carbocycles. The topological polar surface area (TPSA) is 116 Å². The Labute approximate surface area is 144 Å². The zero-order chi connectivity index (χ0) is 17.9. The minimum Gasteiger partial charge on any atom is -0.281 e. The number of sulfone groups is 1. The Kier molecular flexibility index (Phi) is 3.27. The van der Waals surface area contributed by atoms with E-state index >= 15 is 0 Å². The number of hydrogen-bond donors (Lipinski definition) is 0. The van der Waals surface area contributed by atoms with Crippen molar-refractivity contribution in [2.24, 2.45) is 19.1 Å². The number of aromatic nitrogens is 4. The first-order chi connectivity index (χ1) is 11.8. The molecule has 0 N–H and O–H groups in total. The average Bonchev–Trinajstić information content (AvgIpc) is 3.24. The molecule has 3 heterocycles. The van der Waals surface area contributed by atoms with Gasteiger partial charge in [0.25, 0.3) is 5.56 Å². The van der Waals surface area contributed by atoms with Crippen molar-refractivity contribution in [1.29, 1.82) is 0 Å². The summed E-state index contributed by atoms with van der Waals surface area (Å²) in [5.74, 6) is 0. The highest BCUT2D eigenvalue weighted by Crippen LogP contribution is 2.25. The maximum atomic E-state index is 13.0. The van der Waals surface area contributed by atoms with Crippen LogP contribution in [0.1, 0.15) is 0 Å². The molecule has 0 saturated carbocycles. The molecule has 2 aromatic heterocycles. The lowest BCUT2D eigenvalue weighted by Crippen LogP contribution is -2.55. The quantitative estimate of drug-likeness (QED) is 0.526. The van der Waals surface area contributed by atoms with Crippen LogP contribution >= 0.6 is 11.7 Å². The molecule has 3 aromatic rings. The lowest BCUT2D eigenvalue weighted by atomic mass is 10.3. The van der Waals surface area contributed by atoms with Gasteiger partial charge in [0.2, 0.25) is 9.84 Å². The molecule has 0 bridgehead atoms. The summed E-state index contributed by atoms with van der Waals surface area (Å²) in [6.07, 6.45) is 1.27. The van der Waals surface area contributed by atoms with Gasteiger partial charge in [0.1, 0.15) is 16.5 Å². The molecule has 0 fully saturated rings. The van der Waals surface area contributed by atoms with Crippen molar-refractivity contribution in [3.05, 3.63) is 49.7 Å². The van der Waals surface area contributed by atoms with E-state index < -0.39 is 26.5 Å². The predicted molar refractivity (Wildman–Crippen MR) is 90.6 cm³/mol. The first-order valence-electron chi connectivity index (χ1n) is 7.13. The summed E-state index contributed by atoms with van der Waals surface area (Å²) < 4.78 is 36.2. The van der Waals surface area contributed by atoms with Gasteiger partial charge in [-0.15, -0.1) is 0 Å². The van der Waals surface area contributed by atoms with Gasteiger partial charge >= 0.3 is 5.69 Å². The van der Waals surface area contributed by atoms with E-state index in [0.29, 0.717) is 5.52 Å². The Balaban J connectivity index is 2.00. The molecule has 0 radical (unpaired) electrons. The van der Waals surface area contributed by atoms with Crippen LogP contribution < -0.4 is 22.0 Å². The second kappa shape index (κ2) is 5.17. The van der Waals surface area contributed by atoms with Gasteiger partial charge in [0.15, 0.2) is 5.37 Å². The van der Waals surface area contributed by atoms with Crippen LogP contribution in [0.5, 0.6) is 0 Å². The molecule has 9 nitrogen and oxygen atoms in total. The summed E-state index contributed by atoms with van der Waals surface area (Å²) in [5, 5.41) is -1.20. The summed E-state index contributed by atoms with van der Waals surface area (Å²) in [4.78, 5) is 28.4. The standard InChI is InChI=1S/C14H11N5O4S2/c1-18-12-7(13(20)19(2)14(18)21)6-10(15-12)25(22,23)9-5-3-4-8-11(9)17-24-16-8/h3-6,10H,1-2H3. The van der Waals surface area contributed by atoms with Gasteiger partial charge in [0, 0.05) is 14.1 Å². The van der Waals surface area contributed by atoms with Crippen molar-refractivity contribution >= 4 is 38.7 Å². The van der Waals surface area contributed by atoms with Crippen LogP contribution in [0.2, 0.25) is 0 Å². The van der Waals surface area contributed by atoms with Gasteiger partial charge in [0.05, 0.1) is 21.8 Å². The van der Waals surface area contributed by atoms with Gasteiger partial charge in [-0.25, -0.2) is 18.2 Å². The molecular weight excluding hydrogens is 366 g/mol. The minimum absolute atomic E-state index is 0.00150. The highest BCUT2D eigenvalue weighted by molar-refractivity contribution is 7.92. The highest BCUT2D eigenvalue weighted by Gasteiger charge is 2.31. The maximum absolute atomic E-state index is 13.0. The van der Waals surface area contributed by atoms with E-state index in [4.69, 9.17) is 0 Å². The molecular formula is C14H11N5O4S2. The number of benzene rings is 1. The minimum atomic E-state index is -3.94. The molecule has 0 saturated heterocycles. The van der Waals surface area contributed by atoms with Crippen molar-refractivity contribution in [2.45, 2.75) is 10.3 Å². The first kappa shape index (κ1) is 15.8. The van der Waals surface area contributed by atoms with E-state index in [9.17, 15) is 18.0 Å². The van der Waals surface area contributed by atoms with Crippen LogP contribution in [-0.2, 0) is 23.9 Å². The highest BCUT2D eigenvalue weighted by atomic mass is 32.2. The van der Waals surface area contributed by atoms with Gasteiger partial charge in [-0.05, 0) is 18.2 Å². The number of fused-ring (bicyclic) bond motifs is 2. The van der Waals surface area contributed by atoms with E-state index in [0.717, 1.165) is 20.9 Å². The summed E-state index contributed by atoms with van der Waals surface area (Å²) in [6.45, 7) is 0. The van der Waals surface area contributed by atoms with Crippen LogP contribution in [0.15, 0.2) is 37.7 Å². The van der Waals surface area contributed by atoms with Crippen molar-refractivity contribution in [3.8, 4) is 0 Å². The number of rotatable bonds is 2. The Morgan fingerprint density at radius 3 is 2.64 bits per heavy atom. The van der Waals surface area contributed by atoms with E-state index in [2.05, 4.69) is 13.7 Å². The number of nitrogens with zero attached hydrogens (tertiary/aromatic N) is 5. The largest absolute Gasteiger partial charge is 0.332 e. The second-order valence-corrected chi connectivity index (χ2v) is 8.10. The van der Waals surface area contributed by atoms with Gasteiger partial charge in [-0.3, -0.25) is 13.9 Å². The fourth-order valence-electron chi connectivity index (χ4n) is 2.76.